The van der Waals surface area contributed by atoms with Gasteiger partial charge in [0, 0.05) is 33.1 Å². The molecule has 1 amide bonds. The minimum atomic E-state index is -2.80. The van der Waals surface area contributed by atoms with Crippen LogP contribution in [0.5, 0.6) is 0 Å². The van der Waals surface area contributed by atoms with Crippen molar-refractivity contribution in [1.82, 2.24) is 5.32 Å². The van der Waals surface area contributed by atoms with Crippen LogP contribution in [0.1, 0.15) is 5.56 Å². The molecular formula is C11H17NO5Si. The number of benzene rings is 1. The Hall–Kier alpha value is -1.41. The molecule has 0 saturated heterocycles. The van der Waals surface area contributed by atoms with Crippen LogP contribution >= 0.6 is 0 Å². The SMILES string of the molecule is CO[Si](OC)(OC)c1ccc(CNC(=O)O)cc1. The number of carboxylic acid groups (broad SMARTS) is 1. The Morgan fingerprint density at radius 3 is 2.06 bits per heavy atom. The van der Waals surface area contributed by atoms with E-state index in [-0.39, 0.29) is 6.54 Å². The lowest BCUT2D eigenvalue weighted by Gasteiger charge is -2.24. The molecule has 0 saturated carbocycles. The smallest absolute Gasteiger partial charge is 0.465 e. The van der Waals surface area contributed by atoms with Gasteiger partial charge in [0.2, 0.25) is 0 Å². The van der Waals surface area contributed by atoms with E-state index in [9.17, 15) is 4.79 Å². The maximum Gasteiger partial charge on any atom is 0.536 e. The van der Waals surface area contributed by atoms with Crippen LogP contribution in [0.3, 0.4) is 0 Å². The first-order chi connectivity index (χ1) is 8.57. The minimum Gasteiger partial charge on any atom is -0.465 e. The van der Waals surface area contributed by atoms with Gasteiger partial charge in [-0.05, 0) is 5.56 Å². The molecule has 0 spiro atoms. The molecule has 0 aliphatic carbocycles. The van der Waals surface area contributed by atoms with Crippen molar-refractivity contribution < 1.29 is 23.2 Å². The molecule has 0 aliphatic heterocycles. The molecule has 2 N–H and O–H groups in total. The van der Waals surface area contributed by atoms with Crippen LogP contribution in [0.15, 0.2) is 24.3 Å². The number of carbonyl (C=O) groups is 1. The Balaban J connectivity index is 2.84. The van der Waals surface area contributed by atoms with Crippen molar-refractivity contribution in [2.45, 2.75) is 6.54 Å². The van der Waals surface area contributed by atoms with E-state index in [1.807, 2.05) is 24.3 Å². The van der Waals surface area contributed by atoms with Crippen LogP contribution in [0, 0.1) is 0 Å². The molecule has 1 aromatic rings. The summed E-state index contributed by atoms with van der Waals surface area (Å²) in [5.74, 6) is 0. The Morgan fingerprint density at radius 2 is 1.67 bits per heavy atom. The van der Waals surface area contributed by atoms with E-state index in [1.54, 1.807) is 21.3 Å². The molecule has 0 aromatic heterocycles. The van der Waals surface area contributed by atoms with Crippen molar-refractivity contribution in [1.29, 1.82) is 0 Å². The first-order valence-electron chi connectivity index (χ1n) is 5.29. The average Bonchev–Trinajstić information content (AvgIpc) is 2.40. The minimum absolute atomic E-state index is 0.261. The van der Waals surface area contributed by atoms with Crippen LogP contribution in [-0.4, -0.2) is 41.3 Å². The average molecular weight is 271 g/mol. The molecule has 0 radical (unpaired) electrons. The van der Waals surface area contributed by atoms with E-state index < -0.39 is 14.9 Å². The van der Waals surface area contributed by atoms with Gasteiger partial charge in [-0.2, -0.15) is 0 Å². The van der Waals surface area contributed by atoms with Crippen molar-refractivity contribution in [2.75, 3.05) is 21.3 Å². The van der Waals surface area contributed by atoms with Gasteiger partial charge in [0.15, 0.2) is 0 Å². The molecule has 0 aliphatic rings. The fourth-order valence-corrected chi connectivity index (χ4v) is 3.39. The number of hydrogen-bond donors (Lipinski definition) is 2. The van der Waals surface area contributed by atoms with Gasteiger partial charge in [-0.1, -0.05) is 24.3 Å². The highest BCUT2D eigenvalue weighted by Crippen LogP contribution is 2.08. The molecule has 0 unspecified atom stereocenters. The highest BCUT2D eigenvalue weighted by molar-refractivity contribution is 6.75. The first-order valence-corrected chi connectivity index (χ1v) is 7.02. The topological polar surface area (TPSA) is 77.0 Å². The monoisotopic (exact) mass is 271 g/mol. The maximum atomic E-state index is 10.4. The van der Waals surface area contributed by atoms with Gasteiger partial charge in [-0.25, -0.2) is 4.79 Å². The first kappa shape index (κ1) is 14.6. The standard InChI is InChI=1S/C11H17NO5Si/c1-15-18(16-2,17-3)10-6-4-9(5-7-10)8-12-11(13)14/h4-7,12H,8H2,1-3H3,(H,13,14). The number of hydrogen-bond acceptors (Lipinski definition) is 4. The highest BCUT2D eigenvalue weighted by atomic mass is 28.4. The van der Waals surface area contributed by atoms with Crippen molar-refractivity contribution in [3.63, 3.8) is 0 Å². The predicted molar refractivity (Wildman–Crippen MR) is 67.7 cm³/mol. The third-order valence-corrected chi connectivity index (χ3v) is 5.21. The summed E-state index contributed by atoms with van der Waals surface area (Å²) in [5, 5.41) is 11.6. The molecule has 7 heteroatoms. The molecule has 0 fully saturated rings. The number of nitrogens with one attached hydrogen (secondary N) is 1. The molecule has 0 heterocycles. The summed E-state index contributed by atoms with van der Waals surface area (Å²) in [7, 11) is 1.82. The molecule has 18 heavy (non-hydrogen) atoms. The van der Waals surface area contributed by atoms with E-state index in [2.05, 4.69) is 5.32 Å². The zero-order chi connectivity index (χ0) is 13.6. The van der Waals surface area contributed by atoms with Crippen LogP contribution in [0.4, 0.5) is 4.79 Å². The lowest BCUT2D eigenvalue weighted by atomic mass is 10.2. The van der Waals surface area contributed by atoms with Crippen molar-refractivity contribution in [3.05, 3.63) is 29.8 Å². The summed E-state index contributed by atoms with van der Waals surface area (Å²) in [5.41, 5.74) is 0.854. The zero-order valence-corrected chi connectivity index (χ0v) is 11.6. The fourth-order valence-electron chi connectivity index (χ4n) is 1.61. The van der Waals surface area contributed by atoms with Crippen molar-refractivity contribution in [2.24, 2.45) is 0 Å². The molecular weight excluding hydrogens is 254 g/mol. The summed E-state index contributed by atoms with van der Waals surface area (Å²) in [6.07, 6.45) is -1.05. The second kappa shape index (κ2) is 6.50. The van der Waals surface area contributed by atoms with Gasteiger partial charge in [-0.3, -0.25) is 0 Å². The van der Waals surface area contributed by atoms with Crippen LogP contribution in [-0.2, 0) is 19.8 Å². The van der Waals surface area contributed by atoms with Gasteiger partial charge < -0.3 is 23.7 Å². The Kier molecular flexibility index (Phi) is 5.29. The third kappa shape index (κ3) is 3.30. The van der Waals surface area contributed by atoms with Gasteiger partial charge in [0.05, 0.1) is 0 Å². The quantitative estimate of drug-likeness (QED) is 0.738. The molecule has 6 nitrogen and oxygen atoms in total. The third-order valence-electron chi connectivity index (χ3n) is 2.56. The van der Waals surface area contributed by atoms with Crippen LogP contribution in [0.25, 0.3) is 0 Å². The summed E-state index contributed by atoms with van der Waals surface area (Å²) in [6, 6.07) is 7.26. The highest BCUT2D eigenvalue weighted by Gasteiger charge is 2.40. The summed E-state index contributed by atoms with van der Waals surface area (Å²) in [6.45, 7) is 0.261. The van der Waals surface area contributed by atoms with Gasteiger partial charge in [-0.15, -0.1) is 0 Å². The predicted octanol–water partition coefficient (Wildman–Crippen LogP) is 0.539. The largest absolute Gasteiger partial charge is 0.536 e. The van der Waals surface area contributed by atoms with E-state index in [0.29, 0.717) is 0 Å². The van der Waals surface area contributed by atoms with Gasteiger partial charge in [0.25, 0.3) is 0 Å². The van der Waals surface area contributed by atoms with Gasteiger partial charge in [0.1, 0.15) is 0 Å². The summed E-state index contributed by atoms with van der Waals surface area (Å²) >= 11 is 0. The van der Waals surface area contributed by atoms with Crippen LogP contribution < -0.4 is 10.5 Å². The van der Waals surface area contributed by atoms with Crippen LogP contribution in [0.2, 0.25) is 0 Å². The zero-order valence-electron chi connectivity index (χ0n) is 10.6. The second-order valence-electron chi connectivity index (χ2n) is 3.52. The molecule has 1 aromatic carbocycles. The molecule has 1 rings (SSSR count). The number of amides is 1. The van der Waals surface area contributed by atoms with E-state index in [1.165, 1.54) is 0 Å². The second-order valence-corrected chi connectivity index (χ2v) is 6.44. The van der Waals surface area contributed by atoms with E-state index >= 15 is 0 Å². The Labute approximate surface area is 107 Å². The van der Waals surface area contributed by atoms with E-state index in [0.717, 1.165) is 10.8 Å². The number of rotatable bonds is 6. The Bertz CT molecular complexity index is 383. The van der Waals surface area contributed by atoms with E-state index in [4.69, 9.17) is 18.4 Å². The van der Waals surface area contributed by atoms with Gasteiger partial charge >= 0.3 is 14.9 Å². The molecule has 0 bridgehead atoms. The fraction of sp³-hybridized carbons (Fsp3) is 0.364. The summed E-state index contributed by atoms with van der Waals surface area (Å²) < 4.78 is 16.0. The normalized spacial score (nSPS) is 11.3. The van der Waals surface area contributed by atoms with Crippen molar-refractivity contribution in [3.8, 4) is 0 Å². The summed E-state index contributed by atoms with van der Waals surface area (Å²) in [4.78, 5) is 10.4. The lowest BCUT2D eigenvalue weighted by molar-refractivity contribution is 0.140. The molecule has 100 valence electrons. The molecule has 0 atom stereocenters. The lowest BCUT2D eigenvalue weighted by Crippen LogP contribution is -2.54. The maximum absolute atomic E-state index is 10.4. The van der Waals surface area contributed by atoms with Crippen molar-refractivity contribution >= 4 is 20.1 Å². The Morgan fingerprint density at radius 1 is 1.17 bits per heavy atom.